The van der Waals surface area contributed by atoms with Crippen LogP contribution in [0.15, 0.2) is 30.4 Å². The summed E-state index contributed by atoms with van der Waals surface area (Å²) in [6.07, 6.45) is 7.26. The Bertz CT molecular complexity index is 647. The van der Waals surface area contributed by atoms with E-state index in [1.807, 2.05) is 12.1 Å². The number of hydrogen-bond acceptors (Lipinski definition) is 4. The van der Waals surface area contributed by atoms with Crippen LogP contribution in [0.1, 0.15) is 29.6 Å². The van der Waals surface area contributed by atoms with Crippen LogP contribution in [0.3, 0.4) is 0 Å². The van der Waals surface area contributed by atoms with Gasteiger partial charge in [-0.25, -0.2) is 4.98 Å². The normalized spacial score (nSPS) is 18.6. The number of nitrogens with zero attached hydrogens (tertiary/aromatic N) is 1. The van der Waals surface area contributed by atoms with Crippen LogP contribution in [0.5, 0.6) is 0 Å². The van der Waals surface area contributed by atoms with E-state index >= 15 is 0 Å². The molecule has 4 nitrogen and oxygen atoms in total. The van der Waals surface area contributed by atoms with Crippen molar-refractivity contribution in [3.8, 4) is 0 Å². The quantitative estimate of drug-likeness (QED) is 0.827. The van der Waals surface area contributed by atoms with E-state index in [9.17, 15) is 4.79 Å². The van der Waals surface area contributed by atoms with Crippen LogP contribution in [0.2, 0.25) is 0 Å². The second-order valence-corrected chi connectivity index (χ2v) is 5.75. The first kappa shape index (κ1) is 12.2. The van der Waals surface area contributed by atoms with Crippen molar-refractivity contribution in [1.29, 1.82) is 0 Å². The van der Waals surface area contributed by atoms with Crippen LogP contribution in [0.4, 0.5) is 5.13 Å². The summed E-state index contributed by atoms with van der Waals surface area (Å²) in [4.78, 5) is 16.4. The molecule has 3 rings (SSSR count). The summed E-state index contributed by atoms with van der Waals surface area (Å²) < 4.78 is 0.952. The molecule has 3 N–H and O–H groups in total. The molecule has 0 radical (unpaired) electrons. The highest BCUT2D eigenvalue weighted by Gasteiger charge is 2.15. The van der Waals surface area contributed by atoms with Gasteiger partial charge in [-0.1, -0.05) is 23.5 Å². The predicted molar refractivity (Wildman–Crippen MR) is 78.3 cm³/mol. The van der Waals surface area contributed by atoms with Crippen molar-refractivity contribution >= 4 is 32.6 Å². The van der Waals surface area contributed by atoms with E-state index in [1.54, 1.807) is 6.07 Å². The van der Waals surface area contributed by atoms with E-state index in [0.717, 1.165) is 29.5 Å². The van der Waals surface area contributed by atoms with Gasteiger partial charge >= 0.3 is 0 Å². The Morgan fingerprint density at radius 3 is 3.11 bits per heavy atom. The first-order chi connectivity index (χ1) is 9.22. The summed E-state index contributed by atoms with van der Waals surface area (Å²) in [7, 11) is 0. The number of aromatic nitrogens is 1. The molecule has 1 aromatic heterocycles. The van der Waals surface area contributed by atoms with E-state index in [1.165, 1.54) is 11.3 Å². The third-order valence-corrected chi connectivity index (χ3v) is 4.12. The molecule has 2 aromatic rings. The summed E-state index contributed by atoms with van der Waals surface area (Å²) in [5.74, 6) is -0.0193. The SMILES string of the molecule is Nc1nc2ccc(C(=O)NC3CC=CCC3)cc2s1. The fraction of sp³-hybridized carbons (Fsp3) is 0.286. The van der Waals surface area contributed by atoms with E-state index in [4.69, 9.17) is 5.73 Å². The third kappa shape index (κ3) is 2.61. The molecule has 0 spiro atoms. The number of carbonyl (C=O) groups is 1. The maximum atomic E-state index is 12.2. The number of carbonyl (C=O) groups excluding carboxylic acids is 1. The van der Waals surface area contributed by atoms with Crippen LogP contribution in [0, 0.1) is 0 Å². The molecule has 0 saturated heterocycles. The van der Waals surface area contributed by atoms with Gasteiger partial charge in [0, 0.05) is 11.6 Å². The second kappa shape index (κ2) is 5.01. The van der Waals surface area contributed by atoms with E-state index in [2.05, 4.69) is 22.5 Å². The zero-order valence-electron chi connectivity index (χ0n) is 10.4. The van der Waals surface area contributed by atoms with Gasteiger partial charge in [-0.3, -0.25) is 4.79 Å². The molecule has 0 bridgehead atoms. The molecule has 1 unspecified atom stereocenters. The maximum absolute atomic E-state index is 12.2. The van der Waals surface area contributed by atoms with Gasteiger partial charge in [-0.15, -0.1) is 0 Å². The van der Waals surface area contributed by atoms with Crippen LogP contribution < -0.4 is 11.1 Å². The number of nitrogen functional groups attached to an aromatic ring is 1. The highest BCUT2D eigenvalue weighted by Crippen LogP contribution is 2.24. The van der Waals surface area contributed by atoms with Gasteiger partial charge in [0.15, 0.2) is 5.13 Å². The number of benzene rings is 1. The number of nitrogens with two attached hydrogens (primary N) is 1. The molecule has 1 aromatic carbocycles. The molecule has 1 heterocycles. The fourth-order valence-electron chi connectivity index (χ4n) is 2.28. The summed E-state index contributed by atoms with van der Waals surface area (Å²) in [6.45, 7) is 0. The Labute approximate surface area is 115 Å². The van der Waals surface area contributed by atoms with Crippen molar-refractivity contribution < 1.29 is 4.79 Å². The highest BCUT2D eigenvalue weighted by atomic mass is 32.1. The lowest BCUT2D eigenvalue weighted by molar-refractivity contribution is 0.0935. The molecular formula is C14H15N3OS. The molecule has 0 saturated carbocycles. The van der Waals surface area contributed by atoms with Crippen molar-refractivity contribution in [1.82, 2.24) is 10.3 Å². The molecular weight excluding hydrogens is 258 g/mol. The van der Waals surface area contributed by atoms with Crippen molar-refractivity contribution in [2.45, 2.75) is 25.3 Å². The van der Waals surface area contributed by atoms with Crippen molar-refractivity contribution in [3.05, 3.63) is 35.9 Å². The molecule has 1 atom stereocenters. The van der Waals surface area contributed by atoms with E-state index in [0.29, 0.717) is 10.7 Å². The zero-order chi connectivity index (χ0) is 13.2. The average molecular weight is 273 g/mol. The lowest BCUT2D eigenvalue weighted by Crippen LogP contribution is -2.35. The highest BCUT2D eigenvalue weighted by molar-refractivity contribution is 7.22. The minimum absolute atomic E-state index is 0.0193. The van der Waals surface area contributed by atoms with Crippen LogP contribution in [-0.4, -0.2) is 16.9 Å². The number of nitrogens with one attached hydrogen (secondary N) is 1. The number of allylic oxidation sites excluding steroid dienone is 1. The number of rotatable bonds is 2. The summed E-state index contributed by atoms with van der Waals surface area (Å²) in [5.41, 5.74) is 7.18. The standard InChI is InChI=1S/C14H15N3OS/c15-14-17-11-7-6-9(8-12(11)19-14)13(18)16-10-4-2-1-3-5-10/h1-2,6-8,10H,3-5H2,(H2,15,17)(H,16,18). The largest absolute Gasteiger partial charge is 0.375 e. The van der Waals surface area contributed by atoms with Crippen LogP contribution in [-0.2, 0) is 0 Å². The lowest BCUT2D eigenvalue weighted by atomic mass is 10.0. The minimum Gasteiger partial charge on any atom is -0.375 e. The Morgan fingerprint density at radius 1 is 1.42 bits per heavy atom. The molecule has 5 heteroatoms. The van der Waals surface area contributed by atoms with Crippen molar-refractivity contribution in [2.24, 2.45) is 0 Å². The molecule has 1 aliphatic carbocycles. The Balaban J connectivity index is 1.78. The van der Waals surface area contributed by atoms with Crippen LogP contribution in [0.25, 0.3) is 10.2 Å². The molecule has 19 heavy (non-hydrogen) atoms. The van der Waals surface area contributed by atoms with Gasteiger partial charge in [0.25, 0.3) is 5.91 Å². The third-order valence-electron chi connectivity index (χ3n) is 3.27. The molecule has 0 fully saturated rings. The Morgan fingerprint density at radius 2 is 2.32 bits per heavy atom. The van der Waals surface area contributed by atoms with Gasteiger partial charge < -0.3 is 11.1 Å². The van der Waals surface area contributed by atoms with E-state index in [-0.39, 0.29) is 11.9 Å². The number of fused-ring (bicyclic) bond motifs is 1. The van der Waals surface area contributed by atoms with Crippen molar-refractivity contribution in [3.63, 3.8) is 0 Å². The molecule has 1 aliphatic rings. The number of anilines is 1. The van der Waals surface area contributed by atoms with E-state index < -0.39 is 0 Å². The summed E-state index contributed by atoms with van der Waals surface area (Å²) in [5, 5.41) is 3.60. The number of thiazole rings is 1. The number of amides is 1. The lowest BCUT2D eigenvalue weighted by Gasteiger charge is -2.19. The topological polar surface area (TPSA) is 68.0 Å². The second-order valence-electron chi connectivity index (χ2n) is 4.69. The van der Waals surface area contributed by atoms with Gasteiger partial charge in [0.1, 0.15) is 0 Å². The van der Waals surface area contributed by atoms with Gasteiger partial charge in [-0.2, -0.15) is 0 Å². The average Bonchev–Trinajstić information content (AvgIpc) is 2.78. The predicted octanol–water partition coefficient (Wildman–Crippen LogP) is 2.72. The first-order valence-electron chi connectivity index (χ1n) is 6.34. The Kier molecular flexibility index (Phi) is 3.21. The molecule has 98 valence electrons. The molecule has 0 aliphatic heterocycles. The van der Waals surface area contributed by atoms with Crippen molar-refractivity contribution in [2.75, 3.05) is 5.73 Å². The fourth-order valence-corrected chi connectivity index (χ4v) is 3.05. The smallest absolute Gasteiger partial charge is 0.251 e. The summed E-state index contributed by atoms with van der Waals surface area (Å²) >= 11 is 1.41. The van der Waals surface area contributed by atoms with Gasteiger partial charge in [0.2, 0.25) is 0 Å². The zero-order valence-corrected chi connectivity index (χ0v) is 11.2. The number of hydrogen-bond donors (Lipinski definition) is 2. The first-order valence-corrected chi connectivity index (χ1v) is 7.16. The van der Waals surface area contributed by atoms with Gasteiger partial charge in [-0.05, 0) is 37.5 Å². The maximum Gasteiger partial charge on any atom is 0.251 e. The monoisotopic (exact) mass is 273 g/mol. The summed E-state index contributed by atoms with van der Waals surface area (Å²) in [6, 6.07) is 5.75. The molecule has 1 amide bonds. The van der Waals surface area contributed by atoms with Gasteiger partial charge in [0.05, 0.1) is 10.2 Å². The van der Waals surface area contributed by atoms with Crippen LogP contribution >= 0.6 is 11.3 Å². The minimum atomic E-state index is -0.0193. The Hall–Kier alpha value is -1.88.